The quantitative estimate of drug-likeness (QED) is 0.664. The van der Waals surface area contributed by atoms with E-state index in [1.165, 1.54) is 0 Å². The average Bonchev–Trinajstić information content (AvgIpc) is 2.27. The summed E-state index contributed by atoms with van der Waals surface area (Å²) in [5.41, 5.74) is -0.319. The highest BCUT2D eigenvalue weighted by Gasteiger charge is 2.73. The lowest BCUT2D eigenvalue weighted by Crippen LogP contribution is -2.49. The van der Waals surface area contributed by atoms with Crippen molar-refractivity contribution in [1.82, 2.24) is 0 Å². The summed E-state index contributed by atoms with van der Waals surface area (Å²) >= 11 is -0.996. The summed E-state index contributed by atoms with van der Waals surface area (Å²) in [4.78, 5) is 9.84. The second-order valence-corrected chi connectivity index (χ2v) is 4.71. The molecule has 0 radical (unpaired) electrons. The van der Waals surface area contributed by atoms with Gasteiger partial charge in [-0.15, -0.1) is 0 Å². The van der Waals surface area contributed by atoms with Gasteiger partial charge in [-0.1, -0.05) is 0 Å². The fourth-order valence-electron chi connectivity index (χ4n) is 1.04. The molecule has 1 aromatic carbocycles. The monoisotopic (exact) mass is 322 g/mol. The van der Waals surface area contributed by atoms with Gasteiger partial charge in [-0.05, 0) is 36.0 Å². The summed E-state index contributed by atoms with van der Waals surface area (Å²) in [5, 5.41) is 3.10. The maximum atomic E-state index is 13.0. The largest absolute Gasteiger partial charge is 0.478 e. The van der Waals surface area contributed by atoms with E-state index < -0.39 is 40.0 Å². The molecule has 0 amide bonds. The third-order valence-corrected chi connectivity index (χ3v) is 3.09. The van der Waals surface area contributed by atoms with Gasteiger partial charge < -0.3 is 5.11 Å². The van der Waals surface area contributed by atoms with Crippen LogP contribution in [0.25, 0.3) is 0 Å². The summed E-state index contributed by atoms with van der Waals surface area (Å²) in [6.07, 6.45) is -6.40. The standard InChI is InChI=1S/C10H5F7O2S/c11-8(12,9(13,14)15)10(16,17)20-6-3-1-5(2-4-6)7(18)19/h1-4H,(H,18,19). The van der Waals surface area contributed by atoms with Crippen LogP contribution in [0, 0.1) is 0 Å². The molecule has 1 N–H and O–H groups in total. The van der Waals surface area contributed by atoms with E-state index >= 15 is 0 Å². The fraction of sp³-hybridized carbons (Fsp3) is 0.300. The number of benzene rings is 1. The number of rotatable bonds is 4. The molecule has 112 valence electrons. The molecule has 10 heteroatoms. The molecule has 1 aromatic rings. The van der Waals surface area contributed by atoms with Crippen molar-refractivity contribution in [3.63, 3.8) is 0 Å². The highest BCUT2D eigenvalue weighted by atomic mass is 32.2. The van der Waals surface area contributed by atoms with Gasteiger partial charge >= 0.3 is 23.3 Å². The Morgan fingerprint density at radius 3 is 1.75 bits per heavy atom. The molecule has 1 rings (SSSR count). The van der Waals surface area contributed by atoms with Crippen molar-refractivity contribution in [2.45, 2.75) is 22.2 Å². The zero-order valence-corrected chi connectivity index (χ0v) is 10.0. The molecule has 0 aromatic heterocycles. The number of carbonyl (C=O) groups is 1. The summed E-state index contributed by atoms with van der Waals surface area (Å²) in [5.74, 6) is -7.61. The van der Waals surface area contributed by atoms with E-state index in [4.69, 9.17) is 5.11 Å². The van der Waals surface area contributed by atoms with Gasteiger partial charge in [0.2, 0.25) is 0 Å². The molecular weight excluding hydrogens is 317 g/mol. The van der Waals surface area contributed by atoms with Gasteiger partial charge in [-0.3, -0.25) is 0 Å². The van der Waals surface area contributed by atoms with Crippen molar-refractivity contribution in [1.29, 1.82) is 0 Å². The Labute approximate surface area is 111 Å². The highest BCUT2D eigenvalue weighted by Crippen LogP contribution is 2.53. The first-order valence-corrected chi connectivity index (χ1v) is 5.55. The van der Waals surface area contributed by atoms with Crippen LogP contribution in [0.5, 0.6) is 0 Å². The number of hydrogen-bond donors (Lipinski definition) is 1. The van der Waals surface area contributed by atoms with E-state index in [0.717, 1.165) is 12.1 Å². The number of thioether (sulfide) groups is 1. The summed E-state index contributed by atoms with van der Waals surface area (Å²) < 4.78 is 86.9. The topological polar surface area (TPSA) is 37.3 Å². The molecule has 0 bridgehead atoms. The SMILES string of the molecule is O=C(O)c1ccc(SC(F)(F)C(F)(F)C(F)(F)F)cc1. The normalized spacial score (nSPS) is 13.3. The van der Waals surface area contributed by atoms with Gasteiger partial charge in [-0.25, -0.2) is 4.79 Å². The van der Waals surface area contributed by atoms with Crippen LogP contribution >= 0.6 is 11.8 Å². The van der Waals surface area contributed by atoms with Crippen molar-refractivity contribution in [2.75, 3.05) is 0 Å². The lowest BCUT2D eigenvalue weighted by Gasteiger charge is -2.27. The van der Waals surface area contributed by atoms with Gasteiger partial charge in [0.05, 0.1) is 5.56 Å². The third-order valence-electron chi connectivity index (χ3n) is 2.07. The number of carboxylic acids is 1. The molecule has 0 aliphatic carbocycles. The number of alkyl halides is 7. The predicted molar refractivity (Wildman–Crippen MR) is 55.2 cm³/mol. The Balaban J connectivity index is 2.99. The average molecular weight is 322 g/mol. The Kier molecular flexibility index (Phi) is 4.28. The van der Waals surface area contributed by atoms with Crippen LogP contribution in [0.3, 0.4) is 0 Å². The Hall–Kier alpha value is -1.45. The van der Waals surface area contributed by atoms with Crippen molar-refractivity contribution < 1.29 is 40.6 Å². The Bertz CT molecular complexity index is 495. The minimum atomic E-state index is -6.40. The molecule has 0 aliphatic heterocycles. The van der Waals surface area contributed by atoms with E-state index in [1.54, 1.807) is 0 Å². The van der Waals surface area contributed by atoms with Gasteiger partial charge in [-0.2, -0.15) is 30.7 Å². The van der Waals surface area contributed by atoms with Crippen LogP contribution in [-0.4, -0.2) is 28.4 Å². The molecule has 0 aliphatic rings. The molecule has 20 heavy (non-hydrogen) atoms. The number of carboxylic acid groups (broad SMARTS) is 1. The number of halogens is 7. The first-order chi connectivity index (χ1) is 8.88. The van der Waals surface area contributed by atoms with Crippen molar-refractivity contribution in [3.05, 3.63) is 29.8 Å². The van der Waals surface area contributed by atoms with E-state index in [2.05, 4.69) is 0 Å². The highest BCUT2D eigenvalue weighted by molar-refractivity contribution is 8.00. The zero-order valence-electron chi connectivity index (χ0n) is 9.22. The van der Waals surface area contributed by atoms with Crippen molar-refractivity contribution in [2.24, 2.45) is 0 Å². The molecule has 0 spiro atoms. The van der Waals surface area contributed by atoms with Crippen molar-refractivity contribution in [3.8, 4) is 0 Å². The van der Waals surface area contributed by atoms with Crippen LogP contribution < -0.4 is 0 Å². The van der Waals surface area contributed by atoms with E-state index in [9.17, 15) is 35.5 Å². The lowest BCUT2D eigenvalue weighted by molar-refractivity contribution is -0.330. The smallest absolute Gasteiger partial charge is 0.460 e. The summed E-state index contributed by atoms with van der Waals surface area (Å²) in [6.45, 7) is 0. The molecule has 0 fully saturated rings. The molecule has 0 atom stereocenters. The number of hydrogen-bond acceptors (Lipinski definition) is 2. The van der Waals surface area contributed by atoms with Gasteiger partial charge in [0, 0.05) is 4.90 Å². The Morgan fingerprint density at radius 2 is 1.40 bits per heavy atom. The number of aromatic carboxylic acids is 1. The second kappa shape index (κ2) is 5.15. The second-order valence-electron chi connectivity index (χ2n) is 3.52. The summed E-state index contributed by atoms with van der Waals surface area (Å²) in [6, 6.07) is 3.06. The van der Waals surface area contributed by atoms with Crippen LogP contribution in [0.15, 0.2) is 29.2 Å². The fourth-order valence-corrected chi connectivity index (χ4v) is 1.85. The molecule has 0 unspecified atom stereocenters. The third kappa shape index (κ3) is 3.17. The van der Waals surface area contributed by atoms with E-state index in [0.29, 0.717) is 12.1 Å². The minimum absolute atomic E-state index is 0.319. The zero-order chi connectivity index (χ0) is 15.8. The van der Waals surface area contributed by atoms with Gasteiger partial charge in [0.25, 0.3) is 0 Å². The van der Waals surface area contributed by atoms with Crippen LogP contribution in [0.4, 0.5) is 30.7 Å². The predicted octanol–water partition coefficient (Wildman–Crippen LogP) is 4.27. The molecule has 0 saturated heterocycles. The lowest BCUT2D eigenvalue weighted by atomic mass is 10.2. The van der Waals surface area contributed by atoms with E-state index in [1.807, 2.05) is 0 Å². The first kappa shape index (κ1) is 16.6. The van der Waals surface area contributed by atoms with Gasteiger partial charge in [0.15, 0.2) is 0 Å². The van der Waals surface area contributed by atoms with Crippen LogP contribution in [-0.2, 0) is 0 Å². The van der Waals surface area contributed by atoms with E-state index in [-0.39, 0.29) is 5.56 Å². The molecule has 0 saturated carbocycles. The summed E-state index contributed by atoms with van der Waals surface area (Å²) in [7, 11) is 0. The molecular formula is C10H5F7O2S. The van der Waals surface area contributed by atoms with Gasteiger partial charge in [0.1, 0.15) is 0 Å². The molecule has 2 nitrogen and oxygen atoms in total. The minimum Gasteiger partial charge on any atom is -0.478 e. The van der Waals surface area contributed by atoms with Crippen LogP contribution in [0.2, 0.25) is 0 Å². The van der Waals surface area contributed by atoms with Crippen LogP contribution in [0.1, 0.15) is 10.4 Å². The maximum Gasteiger partial charge on any atom is 0.460 e. The Morgan fingerprint density at radius 1 is 0.950 bits per heavy atom. The molecule has 0 heterocycles. The first-order valence-electron chi connectivity index (χ1n) is 4.73. The maximum absolute atomic E-state index is 13.0. The van der Waals surface area contributed by atoms with Crippen molar-refractivity contribution >= 4 is 17.7 Å².